The summed E-state index contributed by atoms with van der Waals surface area (Å²) in [6, 6.07) is 5.63. The number of hydrogen-bond donors (Lipinski definition) is 1. The van der Waals surface area contributed by atoms with E-state index in [2.05, 4.69) is 15.1 Å². The van der Waals surface area contributed by atoms with Crippen LogP contribution >= 0.6 is 11.6 Å². The van der Waals surface area contributed by atoms with Gasteiger partial charge in [-0.3, -0.25) is 9.69 Å². The van der Waals surface area contributed by atoms with Crippen molar-refractivity contribution in [1.82, 2.24) is 9.80 Å². The zero-order valence-corrected chi connectivity index (χ0v) is 16.7. The number of likely N-dealkylation sites (tertiary alicyclic amines) is 2. The Hall–Kier alpha value is -1.10. The molecule has 144 valence electrons. The highest BCUT2D eigenvalue weighted by molar-refractivity contribution is 6.31. The maximum atomic E-state index is 12.4. The van der Waals surface area contributed by atoms with Crippen LogP contribution < -0.4 is 5.32 Å². The third kappa shape index (κ3) is 5.70. The molecule has 1 amide bonds. The fourth-order valence-electron chi connectivity index (χ4n) is 4.15. The largest absolute Gasteiger partial charge is 0.325 e. The summed E-state index contributed by atoms with van der Waals surface area (Å²) in [4.78, 5) is 17.3. The van der Waals surface area contributed by atoms with Crippen LogP contribution in [0.5, 0.6) is 0 Å². The van der Waals surface area contributed by atoms with Crippen molar-refractivity contribution in [3.8, 4) is 0 Å². The molecule has 3 rings (SSSR count). The lowest BCUT2D eigenvalue weighted by atomic mass is 9.96. The molecule has 2 aliphatic heterocycles. The van der Waals surface area contributed by atoms with Gasteiger partial charge in [0.1, 0.15) is 0 Å². The van der Waals surface area contributed by atoms with Crippen LogP contribution in [0, 0.1) is 12.8 Å². The average molecular weight is 378 g/mol. The van der Waals surface area contributed by atoms with E-state index in [-0.39, 0.29) is 5.91 Å². The van der Waals surface area contributed by atoms with E-state index in [1.54, 1.807) is 0 Å². The van der Waals surface area contributed by atoms with E-state index in [1.807, 2.05) is 25.1 Å². The lowest BCUT2D eigenvalue weighted by Gasteiger charge is -2.34. The van der Waals surface area contributed by atoms with Gasteiger partial charge in [0.25, 0.3) is 0 Å². The Morgan fingerprint density at radius 1 is 1.08 bits per heavy atom. The number of hydrogen-bond acceptors (Lipinski definition) is 3. The van der Waals surface area contributed by atoms with E-state index in [4.69, 9.17) is 11.6 Å². The Bertz CT molecular complexity index is 591. The summed E-state index contributed by atoms with van der Waals surface area (Å²) in [6.07, 6.45) is 7.94. The minimum absolute atomic E-state index is 0.0568. The number of nitrogens with one attached hydrogen (secondary N) is 1. The first-order valence-corrected chi connectivity index (χ1v) is 10.5. The molecular weight excluding hydrogens is 346 g/mol. The van der Waals surface area contributed by atoms with Gasteiger partial charge in [-0.1, -0.05) is 30.5 Å². The number of carbonyl (C=O) groups is 1. The van der Waals surface area contributed by atoms with Crippen molar-refractivity contribution in [2.75, 3.05) is 44.6 Å². The van der Waals surface area contributed by atoms with Crippen molar-refractivity contribution in [2.24, 2.45) is 5.92 Å². The zero-order valence-electron chi connectivity index (χ0n) is 16.0. The average Bonchev–Trinajstić information content (AvgIpc) is 2.89. The van der Waals surface area contributed by atoms with Crippen LogP contribution in [0.15, 0.2) is 18.2 Å². The molecule has 0 radical (unpaired) electrons. The maximum absolute atomic E-state index is 12.4. The second-order valence-electron chi connectivity index (χ2n) is 7.89. The Balaban J connectivity index is 1.40. The van der Waals surface area contributed by atoms with Gasteiger partial charge < -0.3 is 10.2 Å². The smallest absolute Gasteiger partial charge is 0.238 e. The number of rotatable bonds is 5. The maximum Gasteiger partial charge on any atom is 0.238 e. The van der Waals surface area contributed by atoms with E-state index in [0.717, 1.165) is 30.3 Å². The summed E-state index contributed by atoms with van der Waals surface area (Å²) in [5.74, 6) is 0.851. The third-order valence-electron chi connectivity index (χ3n) is 5.83. The monoisotopic (exact) mass is 377 g/mol. The van der Waals surface area contributed by atoms with Crippen molar-refractivity contribution in [1.29, 1.82) is 0 Å². The Labute approximate surface area is 162 Å². The number of benzene rings is 1. The number of nitrogens with zero attached hydrogens (tertiary/aromatic N) is 2. The Morgan fingerprint density at radius 3 is 2.46 bits per heavy atom. The van der Waals surface area contributed by atoms with Crippen molar-refractivity contribution < 1.29 is 4.79 Å². The van der Waals surface area contributed by atoms with Gasteiger partial charge in [0.2, 0.25) is 5.91 Å². The van der Waals surface area contributed by atoms with E-state index in [9.17, 15) is 4.79 Å². The SMILES string of the molecule is Cc1c(Cl)cccc1NC(=O)CN1CCC(CN2CCCCCC2)CC1. The molecule has 26 heavy (non-hydrogen) atoms. The van der Waals surface area contributed by atoms with Crippen molar-refractivity contribution >= 4 is 23.2 Å². The summed E-state index contributed by atoms with van der Waals surface area (Å²) >= 11 is 6.13. The van der Waals surface area contributed by atoms with Crippen LogP contribution in [0.2, 0.25) is 5.02 Å². The summed E-state index contributed by atoms with van der Waals surface area (Å²) in [7, 11) is 0. The van der Waals surface area contributed by atoms with Gasteiger partial charge in [-0.25, -0.2) is 0 Å². The normalized spacial score (nSPS) is 20.7. The van der Waals surface area contributed by atoms with Crippen LogP contribution in [0.4, 0.5) is 5.69 Å². The van der Waals surface area contributed by atoms with Gasteiger partial charge in [-0.15, -0.1) is 0 Å². The van der Waals surface area contributed by atoms with Crippen LogP contribution in [-0.2, 0) is 4.79 Å². The van der Waals surface area contributed by atoms with Gasteiger partial charge in [0, 0.05) is 17.3 Å². The molecule has 2 saturated heterocycles. The molecule has 1 aromatic rings. The van der Waals surface area contributed by atoms with Crippen LogP contribution in [-0.4, -0.2) is 55.0 Å². The van der Waals surface area contributed by atoms with E-state index in [1.165, 1.54) is 58.2 Å². The summed E-state index contributed by atoms with van der Waals surface area (Å²) in [5.41, 5.74) is 1.75. The molecule has 0 spiro atoms. The molecule has 0 unspecified atom stereocenters. The van der Waals surface area contributed by atoms with Gasteiger partial charge in [-0.05, 0) is 82.4 Å². The standard InChI is InChI=1S/C21H32ClN3O/c1-17-19(22)7-6-8-20(17)23-21(26)16-25-13-9-18(10-14-25)15-24-11-4-2-3-5-12-24/h6-8,18H,2-5,9-16H2,1H3,(H,23,26). The molecule has 4 nitrogen and oxygen atoms in total. The highest BCUT2D eigenvalue weighted by atomic mass is 35.5. The van der Waals surface area contributed by atoms with Gasteiger partial charge in [0.05, 0.1) is 6.54 Å². The van der Waals surface area contributed by atoms with E-state index < -0.39 is 0 Å². The molecular formula is C21H32ClN3O. The lowest BCUT2D eigenvalue weighted by molar-refractivity contribution is -0.117. The number of carbonyl (C=O) groups excluding carboxylic acids is 1. The molecule has 0 saturated carbocycles. The fourth-order valence-corrected chi connectivity index (χ4v) is 4.32. The van der Waals surface area contributed by atoms with Crippen molar-refractivity contribution in [3.05, 3.63) is 28.8 Å². The summed E-state index contributed by atoms with van der Waals surface area (Å²) < 4.78 is 0. The third-order valence-corrected chi connectivity index (χ3v) is 6.24. The van der Waals surface area contributed by atoms with Crippen molar-refractivity contribution in [3.63, 3.8) is 0 Å². The molecule has 1 aromatic carbocycles. The molecule has 5 heteroatoms. The zero-order chi connectivity index (χ0) is 18.4. The van der Waals surface area contributed by atoms with E-state index in [0.29, 0.717) is 11.6 Å². The minimum Gasteiger partial charge on any atom is -0.325 e. The molecule has 0 bridgehead atoms. The fraction of sp³-hybridized carbons (Fsp3) is 0.667. The van der Waals surface area contributed by atoms with E-state index >= 15 is 0 Å². The van der Waals surface area contributed by atoms with Gasteiger partial charge >= 0.3 is 0 Å². The van der Waals surface area contributed by atoms with Crippen LogP contribution in [0.25, 0.3) is 0 Å². The number of piperidine rings is 1. The predicted octanol–water partition coefficient (Wildman–Crippen LogP) is 4.17. The van der Waals surface area contributed by atoms with Crippen molar-refractivity contribution in [2.45, 2.75) is 45.4 Å². The van der Waals surface area contributed by atoms with Gasteiger partial charge in [0.15, 0.2) is 0 Å². The summed E-state index contributed by atoms with van der Waals surface area (Å²) in [5, 5.41) is 3.70. The molecule has 1 N–H and O–H groups in total. The molecule has 2 heterocycles. The lowest BCUT2D eigenvalue weighted by Crippen LogP contribution is -2.42. The quantitative estimate of drug-likeness (QED) is 0.836. The second-order valence-corrected chi connectivity index (χ2v) is 8.30. The molecule has 2 fully saturated rings. The number of anilines is 1. The Morgan fingerprint density at radius 2 is 1.77 bits per heavy atom. The van der Waals surface area contributed by atoms with Crippen LogP contribution in [0.3, 0.4) is 0 Å². The topological polar surface area (TPSA) is 35.6 Å². The molecule has 2 aliphatic rings. The van der Waals surface area contributed by atoms with Crippen LogP contribution in [0.1, 0.15) is 44.1 Å². The number of halogens is 1. The summed E-state index contributed by atoms with van der Waals surface area (Å²) in [6.45, 7) is 8.28. The van der Waals surface area contributed by atoms with Gasteiger partial charge in [-0.2, -0.15) is 0 Å². The molecule has 0 aliphatic carbocycles. The Kier molecular flexibility index (Phi) is 7.35. The first-order chi connectivity index (χ1) is 12.6. The first-order valence-electron chi connectivity index (χ1n) is 10.1. The number of amides is 1. The predicted molar refractivity (Wildman–Crippen MR) is 109 cm³/mol. The second kappa shape index (κ2) is 9.72. The highest BCUT2D eigenvalue weighted by Gasteiger charge is 2.23. The minimum atomic E-state index is 0.0568. The molecule has 0 atom stereocenters. The first kappa shape index (κ1) is 19.7. The molecule has 0 aromatic heterocycles. The highest BCUT2D eigenvalue weighted by Crippen LogP contribution is 2.23.